The molecule has 0 radical (unpaired) electrons. The summed E-state index contributed by atoms with van der Waals surface area (Å²) < 4.78 is 0. The van der Waals surface area contributed by atoms with Gasteiger partial charge in [-0.2, -0.15) is 0 Å². The molecule has 0 spiro atoms. The number of hydrogen-bond donors (Lipinski definition) is 2. The molecule has 0 heterocycles. The minimum atomic E-state index is 0. The van der Waals surface area contributed by atoms with E-state index in [1.165, 1.54) is 0 Å². The van der Waals surface area contributed by atoms with Crippen molar-refractivity contribution in [1.82, 2.24) is 12.3 Å². The van der Waals surface area contributed by atoms with Crippen LogP contribution in [0.3, 0.4) is 0 Å². The van der Waals surface area contributed by atoms with E-state index >= 15 is 0 Å². The van der Waals surface area contributed by atoms with Gasteiger partial charge in [0.05, 0.1) is 0 Å². The summed E-state index contributed by atoms with van der Waals surface area (Å²) in [6.07, 6.45) is 0. The first-order chi connectivity index (χ1) is 0. The van der Waals surface area contributed by atoms with E-state index in [1.807, 2.05) is 0 Å². The molecule has 8 N–H and O–H groups in total. The van der Waals surface area contributed by atoms with Crippen molar-refractivity contribution in [2.24, 2.45) is 0 Å². The summed E-state index contributed by atoms with van der Waals surface area (Å²) in [5, 5.41) is 0. The van der Waals surface area contributed by atoms with Crippen molar-refractivity contribution in [3.63, 3.8) is 0 Å². The summed E-state index contributed by atoms with van der Waals surface area (Å²) in [5.41, 5.74) is 0. The van der Waals surface area contributed by atoms with Crippen LogP contribution >= 0.6 is 0 Å². The standard InChI is InChI=1S/2H3N.Na.H2O.H/h2*1H3;;1H2;/q;;+1;;-1. The van der Waals surface area contributed by atoms with Gasteiger partial charge in [-0.15, -0.1) is 0 Å². The second kappa shape index (κ2) is 41.6. The molecule has 0 rings (SSSR count). The van der Waals surface area contributed by atoms with Crippen molar-refractivity contribution in [1.29, 1.82) is 0 Å². The van der Waals surface area contributed by atoms with Crippen molar-refractivity contribution in [2.75, 3.05) is 0 Å². The molecule has 0 unspecified atom stereocenters. The van der Waals surface area contributed by atoms with Crippen LogP contribution in [0.15, 0.2) is 0 Å². The Bertz CT molecular complexity index is 9.61. The largest absolute Gasteiger partial charge is 1.00 e. The summed E-state index contributed by atoms with van der Waals surface area (Å²) in [7, 11) is 0. The summed E-state index contributed by atoms with van der Waals surface area (Å²) in [5.74, 6) is 0. The van der Waals surface area contributed by atoms with E-state index in [9.17, 15) is 0 Å². The maximum atomic E-state index is 0. The van der Waals surface area contributed by atoms with Gasteiger partial charge < -0.3 is 19.2 Å². The van der Waals surface area contributed by atoms with Crippen molar-refractivity contribution >= 4 is 0 Å². The van der Waals surface area contributed by atoms with Gasteiger partial charge in [0.25, 0.3) is 0 Å². The normalized spacial score (nSPS) is 0. The minimum Gasteiger partial charge on any atom is -1.00 e. The van der Waals surface area contributed by atoms with Gasteiger partial charge in [-0.1, -0.05) is 0 Å². The molecule has 0 aromatic heterocycles. The van der Waals surface area contributed by atoms with Crippen LogP contribution in [0.1, 0.15) is 1.43 Å². The first-order valence-corrected chi connectivity index (χ1v) is 0. The van der Waals surface area contributed by atoms with Crippen LogP contribution in [0.25, 0.3) is 0 Å². The van der Waals surface area contributed by atoms with Gasteiger partial charge in [0.15, 0.2) is 0 Å². The molecule has 26 valence electrons. The van der Waals surface area contributed by atoms with Gasteiger partial charge >= 0.3 is 29.6 Å². The van der Waals surface area contributed by atoms with E-state index in [1.54, 1.807) is 0 Å². The number of rotatable bonds is 0. The zero-order valence-electron chi connectivity index (χ0n) is 3.91. The van der Waals surface area contributed by atoms with Crippen LogP contribution < -0.4 is 41.9 Å². The molecule has 0 aromatic carbocycles. The fraction of sp³-hybridized carbons (Fsp3) is 0. The Labute approximate surface area is 49.0 Å². The predicted octanol–water partition coefficient (Wildman–Crippen LogP) is -3.38. The van der Waals surface area contributed by atoms with Crippen molar-refractivity contribution in [3.05, 3.63) is 0 Å². The number of hydrogen-bond acceptors (Lipinski definition) is 2. The summed E-state index contributed by atoms with van der Waals surface area (Å²) in [6, 6.07) is 0. The second-order valence-electron chi connectivity index (χ2n) is 0. The average molecular weight is 76.1 g/mol. The van der Waals surface area contributed by atoms with Gasteiger partial charge in [-0.05, 0) is 0 Å². The van der Waals surface area contributed by atoms with Crippen LogP contribution in [-0.2, 0) is 0 Å². The van der Waals surface area contributed by atoms with Gasteiger partial charge in [0, 0.05) is 0 Å². The zero-order valence-corrected chi connectivity index (χ0v) is 4.91. The molecule has 0 aromatic rings. The molecule has 4 heteroatoms. The van der Waals surface area contributed by atoms with E-state index in [-0.39, 0.29) is 48.8 Å². The SMILES string of the molecule is N.N.O.[H-].[Na+]. The van der Waals surface area contributed by atoms with Crippen molar-refractivity contribution in [3.8, 4) is 0 Å². The Morgan fingerprint density at radius 2 is 1.00 bits per heavy atom. The Morgan fingerprint density at radius 3 is 1.00 bits per heavy atom. The smallest absolute Gasteiger partial charge is 1.00 e. The third kappa shape index (κ3) is 13.1. The van der Waals surface area contributed by atoms with E-state index in [2.05, 4.69) is 0 Å². The van der Waals surface area contributed by atoms with Gasteiger partial charge in [0.2, 0.25) is 0 Å². The Kier molecular flexibility index (Phi) is 986. The third-order valence-electron chi connectivity index (χ3n) is 0. The molecule has 0 amide bonds. The van der Waals surface area contributed by atoms with Crippen LogP contribution in [0.5, 0.6) is 0 Å². The van der Waals surface area contributed by atoms with E-state index in [4.69, 9.17) is 0 Å². The van der Waals surface area contributed by atoms with Gasteiger partial charge in [0.1, 0.15) is 0 Å². The summed E-state index contributed by atoms with van der Waals surface area (Å²) in [6.45, 7) is 0. The van der Waals surface area contributed by atoms with E-state index in [0.29, 0.717) is 0 Å². The maximum Gasteiger partial charge on any atom is 1.00 e. The topological polar surface area (TPSA) is 102 Å². The van der Waals surface area contributed by atoms with Crippen LogP contribution in [0, 0.1) is 0 Å². The molecule has 0 bridgehead atoms. The molecule has 0 aliphatic carbocycles. The molecule has 0 fully saturated rings. The second-order valence-corrected chi connectivity index (χ2v) is 0. The first-order valence-electron chi connectivity index (χ1n) is 0. The van der Waals surface area contributed by atoms with E-state index < -0.39 is 0 Å². The molecular weight excluding hydrogens is 67.0 g/mol. The molecule has 0 atom stereocenters. The fourth-order valence-corrected chi connectivity index (χ4v) is 0. The average Bonchev–Trinajstić information content (AvgIpc) is 0. The maximum absolute atomic E-state index is 0. The van der Waals surface area contributed by atoms with Crippen molar-refractivity contribution in [2.45, 2.75) is 0 Å². The van der Waals surface area contributed by atoms with Crippen LogP contribution in [0.4, 0.5) is 0 Å². The third-order valence-corrected chi connectivity index (χ3v) is 0. The molecular formula is H9N2NaO. The van der Waals surface area contributed by atoms with E-state index in [0.717, 1.165) is 0 Å². The zero-order chi connectivity index (χ0) is 0. The molecule has 4 heavy (non-hydrogen) atoms. The molecule has 0 aliphatic rings. The summed E-state index contributed by atoms with van der Waals surface area (Å²) >= 11 is 0. The predicted molar refractivity (Wildman–Crippen MR) is 14.8 cm³/mol. The van der Waals surface area contributed by atoms with Gasteiger partial charge in [-0.25, -0.2) is 0 Å². The van der Waals surface area contributed by atoms with Gasteiger partial charge in [-0.3, -0.25) is 0 Å². The summed E-state index contributed by atoms with van der Waals surface area (Å²) in [4.78, 5) is 0. The minimum absolute atomic E-state index is 0. The Morgan fingerprint density at radius 1 is 1.00 bits per heavy atom. The van der Waals surface area contributed by atoms with Crippen molar-refractivity contribution < 1.29 is 36.5 Å². The van der Waals surface area contributed by atoms with Crippen LogP contribution in [-0.4, -0.2) is 5.48 Å². The molecule has 0 saturated carbocycles. The first kappa shape index (κ1) is 94.9. The molecule has 0 saturated heterocycles. The monoisotopic (exact) mass is 76.1 g/mol. The fourth-order valence-electron chi connectivity index (χ4n) is 0. The Balaban J connectivity index is 0. The molecule has 3 nitrogen and oxygen atoms in total. The quantitative estimate of drug-likeness (QED) is 0.294. The van der Waals surface area contributed by atoms with Crippen LogP contribution in [0.2, 0.25) is 0 Å². The molecule has 0 aliphatic heterocycles. The Hall–Kier alpha value is 0.880.